The lowest BCUT2D eigenvalue weighted by Crippen LogP contribution is -2.12. The number of nitrogen functional groups attached to an aromatic ring is 1. The fourth-order valence-electron chi connectivity index (χ4n) is 1.87. The molecular weight excluding hydrogens is 262 g/mol. The highest BCUT2D eigenvalue weighted by molar-refractivity contribution is 5.60. The van der Waals surface area contributed by atoms with Gasteiger partial charge in [0.05, 0.1) is 11.0 Å². The van der Waals surface area contributed by atoms with Crippen molar-refractivity contribution in [2.24, 2.45) is 0 Å². The number of anilines is 2. The molecule has 2 rings (SSSR count). The zero-order valence-corrected chi connectivity index (χ0v) is 11.4. The smallest absolute Gasteiger partial charge is 0.332 e. The molecule has 0 aliphatic rings. The van der Waals surface area contributed by atoms with Gasteiger partial charge in [-0.2, -0.15) is 4.98 Å². The quantitative estimate of drug-likeness (QED) is 0.649. The van der Waals surface area contributed by atoms with E-state index in [0.29, 0.717) is 5.76 Å². The Hall–Kier alpha value is -2.64. The van der Waals surface area contributed by atoms with Crippen LogP contribution in [0.25, 0.3) is 0 Å². The lowest BCUT2D eigenvalue weighted by molar-refractivity contribution is -0.385. The molecule has 1 atom stereocenters. The maximum absolute atomic E-state index is 11.1. The van der Waals surface area contributed by atoms with E-state index in [4.69, 9.17) is 10.2 Å². The SMILES string of the molecule is Cc1ccc(C(C)Nc2nc(N)nc(C)c2[N+](=O)[O-])o1. The molecule has 0 saturated heterocycles. The average Bonchev–Trinajstić information content (AvgIpc) is 2.74. The molecule has 0 saturated carbocycles. The number of hydrogen-bond donors (Lipinski definition) is 2. The van der Waals surface area contributed by atoms with Crippen LogP contribution >= 0.6 is 0 Å². The Labute approximate surface area is 115 Å². The van der Waals surface area contributed by atoms with Crippen LogP contribution in [0.4, 0.5) is 17.5 Å². The molecule has 0 aliphatic carbocycles. The molecule has 2 aromatic rings. The van der Waals surface area contributed by atoms with Crippen molar-refractivity contribution >= 4 is 17.5 Å². The van der Waals surface area contributed by atoms with Crippen LogP contribution < -0.4 is 11.1 Å². The van der Waals surface area contributed by atoms with Crippen LogP contribution in [0.2, 0.25) is 0 Å². The van der Waals surface area contributed by atoms with E-state index in [1.165, 1.54) is 6.92 Å². The first-order valence-electron chi connectivity index (χ1n) is 6.00. The summed E-state index contributed by atoms with van der Waals surface area (Å²) >= 11 is 0. The first kappa shape index (κ1) is 13.8. The zero-order chi connectivity index (χ0) is 14.9. The molecule has 0 spiro atoms. The fourth-order valence-corrected chi connectivity index (χ4v) is 1.87. The third-order valence-electron chi connectivity index (χ3n) is 2.80. The van der Waals surface area contributed by atoms with Crippen molar-refractivity contribution in [1.82, 2.24) is 9.97 Å². The molecule has 0 radical (unpaired) electrons. The zero-order valence-electron chi connectivity index (χ0n) is 11.4. The molecule has 2 aromatic heterocycles. The van der Waals surface area contributed by atoms with Crippen LogP contribution in [0, 0.1) is 24.0 Å². The summed E-state index contributed by atoms with van der Waals surface area (Å²) in [6.45, 7) is 5.16. The number of nitro groups is 1. The summed E-state index contributed by atoms with van der Waals surface area (Å²) in [6.07, 6.45) is 0. The Bertz CT molecular complexity index is 653. The number of rotatable bonds is 4. The molecule has 3 N–H and O–H groups in total. The van der Waals surface area contributed by atoms with E-state index in [2.05, 4.69) is 15.3 Å². The second kappa shape index (κ2) is 5.16. The Morgan fingerprint density at radius 1 is 1.40 bits per heavy atom. The number of aromatic nitrogens is 2. The highest BCUT2D eigenvalue weighted by Crippen LogP contribution is 2.29. The Morgan fingerprint density at radius 2 is 2.10 bits per heavy atom. The minimum atomic E-state index is -0.531. The third-order valence-corrected chi connectivity index (χ3v) is 2.80. The largest absolute Gasteiger partial charge is 0.464 e. The predicted molar refractivity (Wildman–Crippen MR) is 73.3 cm³/mol. The fraction of sp³-hybridized carbons (Fsp3) is 0.333. The molecule has 0 bridgehead atoms. The lowest BCUT2D eigenvalue weighted by atomic mass is 10.2. The molecule has 8 heteroatoms. The van der Waals surface area contributed by atoms with E-state index in [-0.39, 0.29) is 29.2 Å². The molecule has 2 heterocycles. The summed E-state index contributed by atoms with van der Waals surface area (Å²) in [5.41, 5.74) is 5.57. The van der Waals surface area contributed by atoms with Crippen LogP contribution in [-0.2, 0) is 0 Å². The van der Waals surface area contributed by atoms with Crippen molar-refractivity contribution in [3.05, 3.63) is 39.5 Å². The minimum absolute atomic E-state index is 0.0153. The molecule has 0 fully saturated rings. The van der Waals surface area contributed by atoms with Gasteiger partial charge in [-0.05, 0) is 32.9 Å². The molecule has 0 amide bonds. The molecule has 0 aliphatic heterocycles. The van der Waals surface area contributed by atoms with Crippen molar-refractivity contribution in [1.29, 1.82) is 0 Å². The number of nitrogens with one attached hydrogen (secondary N) is 1. The van der Waals surface area contributed by atoms with Gasteiger partial charge in [-0.25, -0.2) is 4.98 Å². The summed E-state index contributed by atoms with van der Waals surface area (Å²) in [7, 11) is 0. The van der Waals surface area contributed by atoms with Gasteiger partial charge in [0.15, 0.2) is 0 Å². The van der Waals surface area contributed by atoms with Gasteiger partial charge in [-0.1, -0.05) is 0 Å². The summed E-state index contributed by atoms with van der Waals surface area (Å²) in [6, 6.07) is 3.34. The summed E-state index contributed by atoms with van der Waals surface area (Å²) < 4.78 is 5.47. The third kappa shape index (κ3) is 2.68. The first-order chi connectivity index (χ1) is 9.38. The molecule has 8 nitrogen and oxygen atoms in total. The van der Waals surface area contributed by atoms with E-state index >= 15 is 0 Å². The van der Waals surface area contributed by atoms with Crippen LogP contribution in [-0.4, -0.2) is 14.9 Å². The lowest BCUT2D eigenvalue weighted by Gasteiger charge is -2.13. The van der Waals surface area contributed by atoms with Gasteiger partial charge in [0, 0.05) is 0 Å². The monoisotopic (exact) mass is 277 g/mol. The molecule has 0 aromatic carbocycles. The standard InChI is InChI=1S/C12H15N5O3/c1-6-4-5-9(20-6)7(2)14-11-10(17(18)19)8(3)15-12(13)16-11/h4-5,7H,1-3H3,(H3,13,14,15,16). The number of nitrogens with zero attached hydrogens (tertiary/aromatic N) is 3. The van der Waals surface area contributed by atoms with E-state index in [0.717, 1.165) is 5.76 Å². The second-order valence-corrected chi connectivity index (χ2v) is 4.44. The highest BCUT2D eigenvalue weighted by atomic mass is 16.6. The molecule has 106 valence electrons. The maximum Gasteiger partial charge on any atom is 0.332 e. The summed E-state index contributed by atoms with van der Waals surface area (Å²) in [5, 5.41) is 14.0. The van der Waals surface area contributed by atoms with Gasteiger partial charge in [0.2, 0.25) is 11.8 Å². The number of hydrogen-bond acceptors (Lipinski definition) is 7. The van der Waals surface area contributed by atoms with Crippen LogP contribution in [0.1, 0.15) is 30.2 Å². The van der Waals surface area contributed by atoms with Crippen LogP contribution in [0.5, 0.6) is 0 Å². The summed E-state index contributed by atoms with van der Waals surface area (Å²) in [4.78, 5) is 18.3. The van der Waals surface area contributed by atoms with Crippen molar-refractivity contribution in [2.75, 3.05) is 11.1 Å². The van der Waals surface area contributed by atoms with Gasteiger partial charge in [0.25, 0.3) is 0 Å². The van der Waals surface area contributed by atoms with Gasteiger partial charge >= 0.3 is 5.69 Å². The van der Waals surface area contributed by atoms with E-state index in [1.807, 2.05) is 19.9 Å². The molecule has 1 unspecified atom stereocenters. The van der Waals surface area contributed by atoms with E-state index < -0.39 is 4.92 Å². The summed E-state index contributed by atoms with van der Waals surface area (Å²) in [5.74, 6) is 1.49. The van der Waals surface area contributed by atoms with Crippen molar-refractivity contribution < 1.29 is 9.34 Å². The average molecular weight is 277 g/mol. The Balaban J connectivity index is 2.35. The predicted octanol–water partition coefficient (Wildman–Crippen LogP) is 2.35. The Morgan fingerprint density at radius 3 is 2.65 bits per heavy atom. The van der Waals surface area contributed by atoms with Crippen molar-refractivity contribution in [2.45, 2.75) is 26.8 Å². The second-order valence-electron chi connectivity index (χ2n) is 4.44. The van der Waals surface area contributed by atoms with Gasteiger partial charge < -0.3 is 15.5 Å². The number of nitrogens with two attached hydrogens (primary N) is 1. The van der Waals surface area contributed by atoms with Gasteiger partial charge in [-0.3, -0.25) is 10.1 Å². The Kier molecular flexibility index (Phi) is 3.55. The van der Waals surface area contributed by atoms with Gasteiger partial charge in [-0.15, -0.1) is 0 Å². The molecule has 20 heavy (non-hydrogen) atoms. The van der Waals surface area contributed by atoms with Crippen molar-refractivity contribution in [3.63, 3.8) is 0 Å². The van der Waals surface area contributed by atoms with E-state index in [9.17, 15) is 10.1 Å². The van der Waals surface area contributed by atoms with E-state index in [1.54, 1.807) is 6.07 Å². The molecular formula is C12H15N5O3. The maximum atomic E-state index is 11.1. The van der Waals surface area contributed by atoms with Crippen molar-refractivity contribution in [3.8, 4) is 0 Å². The number of aryl methyl sites for hydroxylation is 2. The van der Waals surface area contributed by atoms with Crippen LogP contribution in [0.3, 0.4) is 0 Å². The van der Waals surface area contributed by atoms with Crippen LogP contribution in [0.15, 0.2) is 16.5 Å². The minimum Gasteiger partial charge on any atom is -0.464 e. The number of furan rings is 1. The highest BCUT2D eigenvalue weighted by Gasteiger charge is 2.23. The van der Waals surface area contributed by atoms with Gasteiger partial charge in [0.1, 0.15) is 17.2 Å². The first-order valence-corrected chi connectivity index (χ1v) is 6.00. The topological polar surface area (TPSA) is 120 Å². The normalized spacial score (nSPS) is 12.2.